The first-order valence-corrected chi connectivity index (χ1v) is 6.24. The molecular weight excluding hydrogens is 236 g/mol. The Labute approximate surface area is 104 Å². The number of aromatic hydroxyl groups is 1. The second kappa shape index (κ2) is 4.37. The van der Waals surface area contributed by atoms with Crippen LogP contribution in [0.1, 0.15) is 29.1 Å². The number of hydrogen-bond donors (Lipinski definition) is 1. The van der Waals surface area contributed by atoms with Crippen LogP contribution in [-0.4, -0.2) is 17.2 Å². The first-order chi connectivity index (χ1) is 7.99. The molecule has 0 saturated carbocycles. The fourth-order valence-corrected chi connectivity index (χ4v) is 2.80. The van der Waals surface area contributed by atoms with Crippen molar-refractivity contribution in [3.8, 4) is 5.75 Å². The fraction of sp³-hybridized carbons (Fsp3) is 0.308. The molecular formula is C13H14O3S. The average molecular weight is 250 g/mol. The SMILES string of the molecule is Cc1c(C(=O)OC(C)C)sc2cc(O)ccc12. The Morgan fingerprint density at radius 3 is 2.76 bits per heavy atom. The number of thiophene rings is 1. The summed E-state index contributed by atoms with van der Waals surface area (Å²) in [5.41, 5.74) is 0.913. The Balaban J connectivity index is 2.48. The summed E-state index contributed by atoms with van der Waals surface area (Å²) in [6.45, 7) is 5.55. The molecule has 0 saturated heterocycles. The number of rotatable bonds is 2. The Hall–Kier alpha value is -1.55. The van der Waals surface area contributed by atoms with E-state index in [0.29, 0.717) is 4.88 Å². The molecule has 2 rings (SSSR count). The Morgan fingerprint density at radius 1 is 1.41 bits per heavy atom. The summed E-state index contributed by atoms with van der Waals surface area (Å²) in [5.74, 6) is -0.0827. The zero-order valence-corrected chi connectivity index (χ0v) is 10.8. The summed E-state index contributed by atoms with van der Waals surface area (Å²) in [7, 11) is 0. The van der Waals surface area contributed by atoms with Gasteiger partial charge in [-0.3, -0.25) is 0 Å². The second-order valence-electron chi connectivity index (χ2n) is 4.19. The quantitative estimate of drug-likeness (QED) is 0.830. The lowest BCUT2D eigenvalue weighted by Gasteiger charge is -2.06. The molecule has 4 heteroatoms. The predicted octanol–water partition coefficient (Wildman–Crippen LogP) is 3.48. The molecule has 0 unspecified atom stereocenters. The van der Waals surface area contributed by atoms with Gasteiger partial charge in [0.1, 0.15) is 10.6 Å². The van der Waals surface area contributed by atoms with Crippen molar-refractivity contribution in [1.82, 2.24) is 0 Å². The highest BCUT2D eigenvalue weighted by molar-refractivity contribution is 7.21. The molecule has 3 nitrogen and oxygen atoms in total. The Morgan fingerprint density at radius 2 is 2.12 bits per heavy atom. The minimum atomic E-state index is -0.293. The van der Waals surface area contributed by atoms with E-state index in [1.54, 1.807) is 12.1 Å². The highest BCUT2D eigenvalue weighted by Gasteiger charge is 2.17. The number of aryl methyl sites for hydroxylation is 1. The van der Waals surface area contributed by atoms with Crippen LogP contribution in [0.2, 0.25) is 0 Å². The monoisotopic (exact) mass is 250 g/mol. The number of phenols is 1. The van der Waals surface area contributed by atoms with E-state index in [2.05, 4.69) is 0 Å². The van der Waals surface area contributed by atoms with Gasteiger partial charge in [-0.05, 0) is 49.9 Å². The minimum absolute atomic E-state index is 0.125. The smallest absolute Gasteiger partial charge is 0.348 e. The first-order valence-electron chi connectivity index (χ1n) is 5.42. The predicted molar refractivity (Wildman–Crippen MR) is 68.8 cm³/mol. The summed E-state index contributed by atoms with van der Waals surface area (Å²) in [4.78, 5) is 12.5. The summed E-state index contributed by atoms with van der Waals surface area (Å²) >= 11 is 1.35. The van der Waals surface area contributed by atoms with Crippen molar-refractivity contribution in [3.05, 3.63) is 28.6 Å². The summed E-state index contributed by atoms with van der Waals surface area (Å²) in [6.07, 6.45) is -0.125. The third-order valence-corrected chi connectivity index (χ3v) is 3.68. The van der Waals surface area contributed by atoms with Gasteiger partial charge >= 0.3 is 5.97 Å². The lowest BCUT2D eigenvalue weighted by Crippen LogP contribution is -2.10. The third kappa shape index (κ3) is 2.26. The van der Waals surface area contributed by atoms with Gasteiger partial charge in [0.05, 0.1) is 6.10 Å². The molecule has 0 fully saturated rings. The molecule has 0 aliphatic carbocycles. The molecule has 90 valence electrons. The van der Waals surface area contributed by atoms with Crippen LogP contribution < -0.4 is 0 Å². The maximum atomic E-state index is 11.9. The van der Waals surface area contributed by atoms with Gasteiger partial charge in [0, 0.05) is 4.70 Å². The van der Waals surface area contributed by atoms with Crippen LogP contribution in [0, 0.1) is 6.92 Å². The van der Waals surface area contributed by atoms with Gasteiger partial charge in [-0.1, -0.05) is 0 Å². The molecule has 1 aromatic heterocycles. The number of phenolic OH excluding ortho intramolecular Hbond substituents is 1. The Bertz CT molecular complexity index is 569. The highest BCUT2D eigenvalue weighted by atomic mass is 32.1. The molecule has 1 heterocycles. The molecule has 0 aliphatic heterocycles. The van der Waals surface area contributed by atoms with Gasteiger partial charge in [-0.25, -0.2) is 4.79 Å². The van der Waals surface area contributed by atoms with Gasteiger partial charge in [0.25, 0.3) is 0 Å². The van der Waals surface area contributed by atoms with E-state index in [-0.39, 0.29) is 17.8 Å². The second-order valence-corrected chi connectivity index (χ2v) is 5.24. The highest BCUT2D eigenvalue weighted by Crippen LogP contribution is 2.33. The van der Waals surface area contributed by atoms with Crippen LogP contribution in [0.3, 0.4) is 0 Å². The van der Waals surface area contributed by atoms with Crippen molar-refractivity contribution >= 4 is 27.4 Å². The fourth-order valence-electron chi connectivity index (χ4n) is 1.68. The van der Waals surface area contributed by atoms with Gasteiger partial charge in [-0.15, -0.1) is 11.3 Å². The Kier molecular flexibility index (Phi) is 3.07. The van der Waals surface area contributed by atoms with E-state index in [0.717, 1.165) is 15.6 Å². The van der Waals surface area contributed by atoms with Crippen LogP contribution in [0.5, 0.6) is 5.75 Å². The minimum Gasteiger partial charge on any atom is -0.508 e. The molecule has 0 amide bonds. The number of carbonyl (C=O) groups is 1. The van der Waals surface area contributed by atoms with E-state index >= 15 is 0 Å². The lowest BCUT2D eigenvalue weighted by molar-refractivity contribution is 0.0383. The number of carbonyl (C=O) groups excluding carboxylic acids is 1. The molecule has 1 N–H and O–H groups in total. The van der Waals surface area contributed by atoms with Crippen molar-refractivity contribution in [2.75, 3.05) is 0 Å². The largest absolute Gasteiger partial charge is 0.508 e. The van der Waals surface area contributed by atoms with E-state index in [1.807, 2.05) is 26.8 Å². The van der Waals surface area contributed by atoms with E-state index in [1.165, 1.54) is 11.3 Å². The van der Waals surface area contributed by atoms with Crippen LogP contribution in [0.4, 0.5) is 0 Å². The molecule has 0 spiro atoms. The van der Waals surface area contributed by atoms with Crippen molar-refractivity contribution in [3.63, 3.8) is 0 Å². The summed E-state index contributed by atoms with van der Waals surface area (Å²) in [6, 6.07) is 5.11. The molecule has 17 heavy (non-hydrogen) atoms. The number of fused-ring (bicyclic) bond motifs is 1. The van der Waals surface area contributed by atoms with E-state index in [9.17, 15) is 9.90 Å². The number of benzene rings is 1. The lowest BCUT2D eigenvalue weighted by atomic mass is 10.1. The molecule has 2 aromatic rings. The average Bonchev–Trinajstić information content (AvgIpc) is 2.54. The maximum absolute atomic E-state index is 11.9. The van der Waals surface area contributed by atoms with Gasteiger partial charge in [0.2, 0.25) is 0 Å². The molecule has 0 bridgehead atoms. The van der Waals surface area contributed by atoms with E-state index < -0.39 is 0 Å². The van der Waals surface area contributed by atoms with Gasteiger partial charge < -0.3 is 9.84 Å². The zero-order valence-electron chi connectivity index (χ0n) is 9.98. The zero-order chi connectivity index (χ0) is 12.6. The van der Waals surface area contributed by atoms with Gasteiger partial charge in [-0.2, -0.15) is 0 Å². The number of esters is 1. The van der Waals surface area contributed by atoms with Crippen molar-refractivity contribution in [2.24, 2.45) is 0 Å². The molecule has 0 aliphatic rings. The maximum Gasteiger partial charge on any atom is 0.348 e. The normalized spacial score (nSPS) is 11.1. The number of ether oxygens (including phenoxy) is 1. The topological polar surface area (TPSA) is 46.5 Å². The molecule has 0 atom stereocenters. The first kappa shape index (κ1) is 11.9. The van der Waals surface area contributed by atoms with Gasteiger partial charge in [0.15, 0.2) is 0 Å². The van der Waals surface area contributed by atoms with Crippen molar-refractivity contribution in [1.29, 1.82) is 0 Å². The number of hydrogen-bond acceptors (Lipinski definition) is 4. The molecule has 1 aromatic carbocycles. The summed E-state index contributed by atoms with van der Waals surface area (Å²) in [5, 5.41) is 10.4. The van der Waals surface area contributed by atoms with Crippen molar-refractivity contribution in [2.45, 2.75) is 26.9 Å². The van der Waals surface area contributed by atoms with E-state index in [4.69, 9.17) is 4.74 Å². The summed E-state index contributed by atoms with van der Waals surface area (Å²) < 4.78 is 6.09. The van der Waals surface area contributed by atoms with Crippen molar-refractivity contribution < 1.29 is 14.6 Å². The van der Waals surface area contributed by atoms with Crippen LogP contribution in [0.25, 0.3) is 10.1 Å². The van der Waals surface area contributed by atoms with Crippen LogP contribution >= 0.6 is 11.3 Å². The van der Waals surface area contributed by atoms with Crippen LogP contribution in [-0.2, 0) is 4.74 Å². The van der Waals surface area contributed by atoms with Crippen LogP contribution in [0.15, 0.2) is 18.2 Å². The third-order valence-electron chi connectivity index (χ3n) is 2.45. The standard InChI is InChI=1S/C13H14O3S/c1-7(2)16-13(15)12-8(3)10-5-4-9(14)6-11(10)17-12/h4-7,14H,1-3H3. The molecule has 0 radical (unpaired) electrons.